The Morgan fingerprint density at radius 2 is 1.89 bits per heavy atom. The van der Waals surface area contributed by atoms with E-state index >= 15 is 0 Å². The molecule has 1 unspecified atom stereocenters. The van der Waals surface area contributed by atoms with Crippen LogP contribution in [0.2, 0.25) is 0 Å². The summed E-state index contributed by atoms with van der Waals surface area (Å²) in [7, 11) is 3.79. The van der Waals surface area contributed by atoms with Crippen LogP contribution in [0.15, 0.2) is 42.6 Å². The Labute approximate surface area is 167 Å². The number of nitrogens with one attached hydrogen (secondary N) is 1. The molecule has 2 fully saturated rings. The average molecular weight is 384 g/mol. The number of carbonyl (C=O) groups is 1. The second-order valence-corrected chi connectivity index (χ2v) is 7.89. The van der Waals surface area contributed by atoms with Gasteiger partial charge in [0.2, 0.25) is 0 Å². The standard InChI is InChI=1S/C22H30N4O2/c1-23-11-3-5-20(23)21-6-4-12-26(21)17-22(27)25-15-13-24(14-16-25)18-7-9-19(28-2)10-8-18/h3,5,7-11,21H,4,6,12-17H2,1-2H3/p+1/t21-/m1/s1. The molecule has 2 aliphatic heterocycles. The molecule has 1 amide bonds. The number of ether oxygens (including phenoxy) is 1. The normalized spacial score (nSPS) is 22.5. The van der Waals surface area contributed by atoms with Crippen LogP contribution in [0.1, 0.15) is 24.6 Å². The minimum atomic E-state index is 0.297. The van der Waals surface area contributed by atoms with Gasteiger partial charge in [0.15, 0.2) is 6.54 Å². The lowest BCUT2D eigenvalue weighted by Crippen LogP contribution is -3.11. The quantitative estimate of drug-likeness (QED) is 0.841. The third-order valence-corrected chi connectivity index (χ3v) is 6.27. The summed E-state index contributed by atoms with van der Waals surface area (Å²) in [6, 6.07) is 12.9. The molecular formula is C22H31N4O2+. The van der Waals surface area contributed by atoms with Crippen LogP contribution in [-0.4, -0.2) is 61.8 Å². The predicted molar refractivity (Wildman–Crippen MR) is 110 cm³/mol. The molecular weight excluding hydrogens is 352 g/mol. The van der Waals surface area contributed by atoms with E-state index in [9.17, 15) is 4.79 Å². The summed E-state index contributed by atoms with van der Waals surface area (Å²) in [6.07, 6.45) is 4.47. The Morgan fingerprint density at radius 3 is 2.54 bits per heavy atom. The number of rotatable bonds is 5. The van der Waals surface area contributed by atoms with Gasteiger partial charge < -0.3 is 24.0 Å². The first-order valence-corrected chi connectivity index (χ1v) is 10.3. The first-order valence-electron chi connectivity index (χ1n) is 10.3. The van der Waals surface area contributed by atoms with Crippen molar-refractivity contribution >= 4 is 11.6 Å². The van der Waals surface area contributed by atoms with Crippen LogP contribution in [0.25, 0.3) is 0 Å². The van der Waals surface area contributed by atoms with Gasteiger partial charge in [-0.3, -0.25) is 4.79 Å². The molecule has 0 aliphatic carbocycles. The number of piperazine rings is 1. The number of carbonyl (C=O) groups excluding carboxylic acids is 1. The SMILES string of the molecule is COc1ccc(N2CCN(C(=O)C[NH+]3CCC[C@@H]3c3cccn3C)CC2)cc1. The van der Waals surface area contributed by atoms with Crippen LogP contribution in [0.3, 0.4) is 0 Å². The number of aromatic nitrogens is 1. The van der Waals surface area contributed by atoms with Crippen LogP contribution in [0, 0.1) is 0 Å². The molecule has 6 nitrogen and oxygen atoms in total. The summed E-state index contributed by atoms with van der Waals surface area (Å²) in [5.41, 5.74) is 2.55. The number of aryl methyl sites for hydroxylation is 1. The number of quaternary nitrogens is 1. The monoisotopic (exact) mass is 383 g/mol. The number of amides is 1. The fourth-order valence-corrected chi connectivity index (χ4v) is 4.63. The third kappa shape index (κ3) is 3.87. The second kappa shape index (κ2) is 8.27. The van der Waals surface area contributed by atoms with Crippen molar-refractivity contribution in [3.05, 3.63) is 48.3 Å². The summed E-state index contributed by atoms with van der Waals surface area (Å²) < 4.78 is 7.44. The lowest BCUT2D eigenvalue weighted by atomic mass is 10.1. The maximum atomic E-state index is 12.9. The van der Waals surface area contributed by atoms with Crippen molar-refractivity contribution < 1.29 is 14.4 Å². The lowest BCUT2D eigenvalue weighted by molar-refractivity contribution is -0.911. The molecule has 150 valence electrons. The van der Waals surface area contributed by atoms with E-state index in [4.69, 9.17) is 4.74 Å². The first kappa shape index (κ1) is 18.9. The van der Waals surface area contributed by atoms with Crippen molar-refractivity contribution in [3.8, 4) is 5.75 Å². The topological polar surface area (TPSA) is 42.1 Å². The molecule has 6 heteroatoms. The maximum Gasteiger partial charge on any atom is 0.277 e. The number of likely N-dealkylation sites (tertiary alicyclic amines) is 1. The number of hydrogen-bond acceptors (Lipinski definition) is 3. The van der Waals surface area contributed by atoms with Gasteiger partial charge in [-0.25, -0.2) is 0 Å². The molecule has 0 saturated carbocycles. The highest BCUT2D eigenvalue weighted by molar-refractivity contribution is 5.77. The summed E-state index contributed by atoms with van der Waals surface area (Å²) in [5, 5.41) is 0. The number of methoxy groups -OCH3 is 1. The van der Waals surface area contributed by atoms with Gasteiger partial charge >= 0.3 is 0 Å². The minimum absolute atomic E-state index is 0.297. The first-order chi connectivity index (χ1) is 13.7. The zero-order valence-corrected chi connectivity index (χ0v) is 16.9. The van der Waals surface area contributed by atoms with Gasteiger partial charge in [-0.1, -0.05) is 0 Å². The van der Waals surface area contributed by atoms with E-state index in [1.54, 1.807) is 7.11 Å². The largest absolute Gasteiger partial charge is 0.497 e. The smallest absolute Gasteiger partial charge is 0.277 e. The van der Waals surface area contributed by atoms with Gasteiger partial charge in [-0.2, -0.15) is 0 Å². The summed E-state index contributed by atoms with van der Waals surface area (Å²) in [4.78, 5) is 18.8. The van der Waals surface area contributed by atoms with Crippen molar-refractivity contribution in [2.75, 3.05) is 51.3 Å². The molecule has 0 bridgehead atoms. The molecule has 3 heterocycles. The highest BCUT2D eigenvalue weighted by Gasteiger charge is 2.34. The maximum absolute atomic E-state index is 12.9. The van der Waals surface area contributed by atoms with E-state index in [2.05, 4.69) is 47.0 Å². The van der Waals surface area contributed by atoms with Crippen LogP contribution in [-0.2, 0) is 11.8 Å². The Hall–Kier alpha value is -2.47. The average Bonchev–Trinajstić information content (AvgIpc) is 3.36. The molecule has 2 aromatic rings. The molecule has 1 aromatic heterocycles. The van der Waals surface area contributed by atoms with Crippen LogP contribution >= 0.6 is 0 Å². The van der Waals surface area contributed by atoms with Gasteiger partial charge in [0.25, 0.3) is 5.91 Å². The fourth-order valence-electron chi connectivity index (χ4n) is 4.63. The Bertz CT molecular complexity index is 793. The van der Waals surface area contributed by atoms with E-state index in [0.717, 1.165) is 38.5 Å². The van der Waals surface area contributed by atoms with Crippen LogP contribution in [0.5, 0.6) is 5.75 Å². The zero-order chi connectivity index (χ0) is 19.5. The third-order valence-electron chi connectivity index (χ3n) is 6.27. The Kier molecular flexibility index (Phi) is 5.57. The van der Waals surface area contributed by atoms with Gasteiger partial charge in [-0.05, 0) is 36.4 Å². The molecule has 2 atom stereocenters. The van der Waals surface area contributed by atoms with E-state index in [1.165, 1.54) is 29.1 Å². The van der Waals surface area contributed by atoms with Crippen LogP contribution in [0.4, 0.5) is 5.69 Å². The van der Waals surface area contributed by atoms with Crippen molar-refractivity contribution in [2.45, 2.75) is 18.9 Å². The summed E-state index contributed by atoms with van der Waals surface area (Å²) in [6.45, 7) is 5.06. The molecule has 2 saturated heterocycles. The van der Waals surface area contributed by atoms with Gasteiger partial charge in [0, 0.05) is 58.0 Å². The summed E-state index contributed by atoms with van der Waals surface area (Å²) in [5.74, 6) is 1.17. The van der Waals surface area contributed by atoms with Gasteiger partial charge in [0.1, 0.15) is 11.8 Å². The number of hydrogen-bond donors (Lipinski definition) is 1. The van der Waals surface area contributed by atoms with Gasteiger partial charge in [0.05, 0.1) is 19.3 Å². The zero-order valence-electron chi connectivity index (χ0n) is 16.9. The second-order valence-electron chi connectivity index (χ2n) is 7.89. The van der Waals surface area contributed by atoms with E-state index in [-0.39, 0.29) is 0 Å². The molecule has 4 rings (SSSR count). The number of nitrogens with zero attached hydrogens (tertiary/aromatic N) is 3. The molecule has 1 N–H and O–H groups in total. The number of benzene rings is 1. The summed E-state index contributed by atoms with van der Waals surface area (Å²) >= 11 is 0. The Morgan fingerprint density at radius 1 is 1.14 bits per heavy atom. The minimum Gasteiger partial charge on any atom is -0.497 e. The molecule has 0 radical (unpaired) electrons. The predicted octanol–water partition coefficient (Wildman–Crippen LogP) is 1.10. The van der Waals surface area contributed by atoms with Crippen molar-refractivity contribution in [3.63, 3.8) is 0 Å². The highest BCUT2D eigenvalue weighted by atomic mass is 16.5. The van der Waals surface area contributed by atoms with E-state index in [0.29, 0.717) is 18.5 Å². The molecule has 0 spiro atoms. The molecule has 2 aliphatic rings. The van der Waals surface area contributed by atoms with Crippen molar-refractivity contribution in [1.82, 2.24) is 9.47 Å². The molecule has 28 heavy (non-hydrogen) atoms. The van der Waals surface area contributed by atoms with Crippen LogP contribution < -0.4 is 14.5 Å². The number of anilines is 1. The van der Waals surface area contributed by atoms with Crippen molar-refractivity contribution in [2.24, 2.45) is 7.05 Å². The Balaban J connectivity index is 1.32. The van der Waals surface area contributed by atoms with E-state index in [1.807, 2.05) is 17.0 Å². The van der Waals surface area contributed by atoms with E-state index < -0.39 is 0 Å². The highest BCUT2D eigenvalue weighted by Crippen LogP contribution is 2.21. The van der Waals surface area contributed by atoms with Gasteiger partial charge in [-0.15, -0.1) is 0 Å². The lowest BCUT2D eigenvalue weighted by Gasteiger charge is -2.36. The molecule has 1 aromatic carbocycles. The fraction of sp³-hybridized carbons (Fsp3) is 0.500. The van der Waals surface area contributed by atoms with Crippen molar-refractivity contribution in [1.29, 1.82) is 0 Å².